The number of rotatable bonds is 8. The SMILES string of the molecule is Cc1cccc(OCCNC(=O)N[C@@H](CCO)C(=O)O)c1. The molecular weight excluding hydrogens is 276 g/mol. The van der Waals surface area contributed by atoms with Crippen molar-refractivity contribution < 1.29 is 24.5 Å². The van der Waals surface area contributed by atoms with Crippen LogP contribution < -0.4 is 15.4 Å². The minimum atomic E-state index is -1.18. The number of aryl methyl sites for hydroxylation is 1. The van der Waals surface area contributed by atoms with Crippen LogP contribution in [0.4, 0.5) is 4.79 Å². The van der Waals surface area contributed by atoms with Gasteiger partial charge in [0.2, 0.25) is 0 Å². The lowest BCUT2D eigenvalue weighted by molar-refractivity contribution is -0.139. The average molecular weight is 296 g/mol. The van der Waals surface area contributed by atoms with Crippen LogP contribution in [-0.2, 0) is 4.79 Å². The molecule has 1 aromatic carbocycles. The first kappa shape index (κ1) is 16.8. The van der Waals surface area contributed by atoms with Crippen molar-refractivity contribution in [3.05, 3.63) is 29.8 Å². The maximum absolute atomic E-state index is 11.5. The number of hydrogen-bond acceptors (Lipinski definition) is 4. The van der Waals surface area contributed by atoms with Gasteiger partial charge in [-0.2, -0.15) is 0 Å². The number of urea groups is 1. The maximum Gasteiger partial charge on any atom is 0.326 e. The number of carbonyl (C=O) groups is 2. The molecule has 0 radical (unpaired) electrons. The van der Waals surface area contributed by atoms with E-state index in [0.717, 1.165) is 5.56 Å². The molecule has 0 aromatic heterocycles. The number of benzene rings is 1. The van der Waals surface area contributed by atoms with E-state index in [4.69, 9.17) is 14.9 Å². The monoisotopic (exact) mass is 296 g/mol. The first-order valence-electron chi connectivity index (χ1n) is 6.60. The number of aliphatic hydroxyl groups excluding tert-OH is 1. The fourth-order valence-electron chi connectivity index (χ4n) is 1.63. The predicted molar refractivity (Wildman–Crippen MR) is 76.3 cm³/mol. The second-order valence-corrected chi connectivity index (χ2v) is 4.47. The Morgan fingerprint density at radius 2 is 2.14 bits per heavy atom. The third-order valence-electron chi connectivity index (χ3n) is 2.67. The normalized spacial score (nSPS) is 11.5. The molecule has 0 heterocycles. The quantitative estimate of drug-likeness (QED) is 0.523. The third kappa shape index (κ3) is 6.62. The molecule has 0 bridgehead atoms. The Labute approximate surface area is 122 Å². The summed E-state index contributed by atoms with van der Waals surface area (Å²) in [6, 6.07) is 5.80. The molecule has 0 saturated heterocycles. The van der Waals surface area contributed by atoms with Gasteiger partial charge in [0.15, 0.2) is 0 Å². The second kappa shape index (κ2) is 8.80. The summed E-state index contributed by atoms with van der Waals surface area (Å²) in [4.78, 5) is 22.3. The van der Waals surface area contributed by atoms with Crippen molar-refractivity contribution in [2.45, 2.75) is 19.4 Å². The highest BCUT2D eigenvalue weighted by molar-refractivity contribution is 5.82. The van der Waals surface area contributed by atoms with E-state index in [1.165, 1.54) is 0 Å². The van der Waals surface area contributed by atoms with Gasteiger partial charge in [0.1, 0.15) is 18.4 Å². The number of aliphatic carboxylic acids is 1. The van der Waals surface area contributed by atoms with Crippen LogP contribution in [0.1, 0.15) is 12.0 Å². The molecule has 2 amide bonds. The number of carboxylic acids is 1. The maximum atomic E-state index is 11.5. The van der Waals surface area contributed by atoms with Crippen LogP contribution in [0, 0.1) is 6.92 Å². The summed E-state index contributed by atoms with van der Waals surface area (Å²) < 4.78 is 5.44. The molecule has 1 rings (SSSR count). The van der Waals surface area contributed by atoms with Crippen LogP contribution in [-0.4, -0.2) is 48.0 Å². The molecule has 0 unspecified atom stereocenters. The molecule has 0 aliphatic rings. The zero-order chi connectivity index (χ0) is 15.7. The van der Waals surface area contributed by atoms with Gasteiger partial charge in [-0.1, -0.05) is 12.1 Å². The summed E-state index contributed by atoms with van der Waals surface area (Å²) in [6.45, 7) is 2.15. The lowest BCUT2D eigenvalue weighted by Gasteiger charge is -2.14. The van der Waals surface area contributed by atoms with E-state index in [1.54, 1.807) is 0 Å². The molecular formula is C14H20N2O5. The van der Waals surface area contributed by atoms with E-state index in [2.05, 4.69) is 10.6 Å². The first-order valence-corrected chi connectivity index (χ1v) is 6.60. The van der Waals surface area contributed by atoms with Crippen LogP contribution in [0.5, 0.6) is 5.75 Å². The van der Waals surface area contributed by atoms with Gasteiger partial charge < -0.3 is 25.6 Å². The number of amides is 2. The minimum absolute atomic E-state index is 0.0391. The Hall–Kier alpha value is -2.28. The molecule has 21 heavy (non-hydrogen) atoms. The van der Waals surface area contributed by atoms with Crippen molar-refractivity contribution in [3.63, 3.8) is 0 Å². The number of nitrogens with one attached hydrogen (secondary N) is 2. The second-order valence-electron chi connectivity index (χ2n) is 4.47. The average Bonchev–Trinajstić information content (AvgIpc) is 2.43. The highest BCUT2D eigenvalue weighted by atomic mass is 16.5. The predicted octanol–water partition coefficient (Wildman–Crippen LogP) is 0.509. The summed E-state index contributed by atoms with van der Waals surface area (Å²) in [5.41, 5.74) is 1.08. The molecule has 0 aliphatic carbocycles. The summed E-state index contributed by atoms with van der Waals surface area (Å²) in [5, 5.41) is 22.3. The largest absolute Gasteiger partial charge is 0.492 e. The summed E-state index contributed by atoms with van der Waals surface area (Å²) in [7, 11) is 0. The first-order chi connectivity index (χ1) is 10.0. The topological polar surface area (TPSA) is 108 Å². The summed E-state index contributed by atoms with van der Waals surface area (Å²) in [5.74, 6) is -0.476. The van der Waals surface area contributed by atoms with Gasteiger partial charge in [0.25, 0.3) is 0 Å². The van der Waals surface area contributed by atoms with Crippen LogP contribution in [0.15, 0.2) is 24.3 Å². The molecule has 7 heteroatoms. The van der Waals surface area contributed by atoms with Gasteiger partial charge in [-0.25, -0.2) is 9.59 Å². The molecule has 116 valence electrons. The molecule has 0 spiro atoms. The van der Waals surface area contributed by atoms with E-state index in [9.17, 15) is 9.59 Å². The van der Waals surface area contributed by atoms with Gasteiger partial charge in [-0.3, -0.25) is 0 Å². The van der Waals surface area contributed by atoms with Gasteiger partial charge in [-0.15, -0.1) is 0 Å². The highest BCUT2D eigenvalue weighted by Crippen LogP contribution is 2.11. The van der Waals surface area contributed by atoms with E-state index >= 15 is 0 Å². The van der Waals surface area contributed by atoms with Crippen LogP contribution in [0.3, 0.4) is 0 Å². The molecule has 7 nitrogen and oxygen atoms in total. The van der Waals surface area contributed by atoms with E-state index < -0.39 is 18.0 Å². The number of carboxylic acid groups (broad SMARTS) is 1. The van der Waals surface area contributed by atoms with E-state index in [1.807, 2.05) is 31.2 Å². The third-order valence-corrected chi connectivity index (χ3v) is 2.67. The zero-order valence-electron chi connectivity index (χ0n) is 11.8. The smallest absolute Gasteiger partial charge is 0.326 e. The fourth-order valence-corrected chi connectivity index (χ4v) is 1.63. The standard InChI is InChI=1S/C14H20N2O5/c1-10-3-2-4-11(9-10)21-8-6-15-14(20)16-12(5-7-17)13(18)19/h2-4,9,12,17H,5-8H2,1H3,(H,18,19)(H2,15,16,20)/t12-/m0/s1. The highest BCUT2D eigenvalue weighted by Gasteiger charge is 2.18. The molecule has 0 saturated carbocycles. The Bertz CT molecular complexity index is 478. The van der Waals surface area contributed by atoms with Gasteiger partial charge in [0.05, 0.1) is 6.54 Å². The lowest BCUT2D eigenvalue weighted by atomic mass is 10.2. The van der Waals surface area contributed by atoms with Crippen molar-refractivity contribution >= 4 is 12.0 Å². The summed E-state index contributed by atoms with van der Waals surface area (Å²) in [6.07, 6.45) is -0.0391. The molecule has 0 aliphatic heterocycles. The minimum Gasteiger partial charge on any atom is -0.492 e. The number of hydrogen-bond donors (Lipinski definition) is 4. The number of aliphatic hydroxyl groups is 1. The van der Waals surface area contributed by atoms with E-state index in [0.29, 0.717) is 5.75 Å². The van der Waals surface area contributed by atoms with Gasteiger partial charge >= 0.3 is 12.0 Å². The van der Waals surface area contributed by atoms with Gasteiger partial charge in [-0.05, 0) is 24.6 Å². The Balaban J connectivity index is 2.25. The lowest BCUT2D eigenvalue weighted by Crippen LogP contribution is -2.47. The molecule has 1 aromatic rings. The number of carbonyl (C=O) groups excluding carboxylic acids is 1. The van der Waals surface area contributed by atoms with Crippen molar-refractivity contribution in [1.29, 1.82) is 0 Å². The fraction of sp³-hybridized carbons (Fsp3) is 0.429. The van der Waals surface area contributed by atoms with E-state index in [-0.39, 0.29) is 26.2 Å². The van der Waals surface area contributed by atoms with Gasteiger partial charge in [0, 0.05) is 13.0 Å². The Kier molecular flexibility index (Phi) is 7.03. The molecule has 4 N–H and O–H groups in total. The van der Waals surface area contributed by atoms with Crippen molar-refractivity contribution in [2.24, 2.45) is 0 Å². The van der Waals surface area contributed by atoms with Crippen LogP contribution >= 0.6 is 0 Å². The van der Waals surface area contributed by atoms with Crippen LogP contribution in [0.2, 0.25) is 0 Å². The Morgan fingerprint density at radius 1 is 1.38 bits per heavy atom. The number of ether oxygens (including phenoxy) is 1. The molecule has 1 atom stereocenters. The van der Waals surface area contributed by atoms with Crippen molar-refractivity contribution in [3.8, 4) is 5.75 Å². The van der Waals surface area contributed by atoms with Crippen molar-refractivity contribution in [2.75, 3.05) is 19.8 Å². The van der Waals surface area contributed by atoms with Crippen molar-refractivity contribution in [1.82, 2.24) is 10.6 Å². The molecule has 0 fully saturated rings. The Morgan fingerprint density at radius 3 is 2.76 bits per heavy atom. The van der Waals surface area contributed by atoms with Crippen LogP contribution in [0.25, 0.3) is 0 Å². The zero-order valence-corrected chi connectivity index (χ0v) is 11.8. The summed E-state index contributed by atoms with van der Waals surface area (Å²) >= 11 is 0.